The van der Waals surface area contributed by atoms with E-state index >= 15 is 0 Å². The Morgan fingerprint density at radius 3 is 2.92 bits per heavy atom. The van der Waals surface area contributed by atoms with Gasteiger partial charge < -0.3 is 14.8 Å². The third kappa shape index (κ3) is 3.03. The molecule has 7 nitrogen and oxygen atoms in total. The molecular weight excluding hydrogens is 322 g/mol. The third-order valence-electron chi connectivity index (χ3n) is 3.97. The summed E-state index contributed by atoms with van der Waals surface area (Å²) in [6, 6.07) is 12.3. The van der Waals surface area contributed by atoms with E-state index in [0.717, 1.165) is 0 Å². The lowest BCUT2D eigenvalue weighted by molar-refractivity contribution is -0.116. The second-order valence-electron chi connectivity index (χ2n) is 5.63. The van der Waals surface area contributed by atoms with Crippen molar-refractivity contribution >= 4 is 22.5 Å². The molecule has 3 aromatic rings. The van der Waals surface area contributed by atoms with Crippen LogP contribution in [0.2, 0.25) is 0 Å². The van der Waals surface area contributed by atoms with Gasteiger partial charge in [0.1, 0.15) is 0 Å². The Morgan fingerprint density at radius 1 is 1.16 bits per heavy atom. The van der Waals surface area contributed by atoms with Crippen molar-refractivity contribution in [2.75, 3.05) is 12.1 Å². The van der Waals surface area contributed by atoms with Crippen LogP contribution in [0.4, 0.5) is 5.69 Å². The lowest BCUT2D eigenvalue weighted by Crippen LogP contribution is -2.23. The summed E-state index contributed by atoms with van der Waals surface area (Å²) >= 11 is 0. The summed E-state index contributed by atoms with van der Waals surface area (Å²) in [6.45, 7) is 0.442. The monoisotopic (exact) mass is 337 g/mol. The summed E-state index contributed by atoms with van der Waals surface area (Å²) in [5.41, 5.74) is 1.12. The SMILES string of the molecule is O=C(CCn1cnc2ccccc2c1=O)Nc1ccc2c(c1)OCO2. The van der Waals surface area contributed by atoms with Crippen LogP contribution in [-0.4, -0.2) is 22.3 Å². The largest absolute Gasteiger partial charge is 0.454 e. The second-order valence-corrected chi connectivity index (χ2v) is 5.63. The highest BCUT2D eigenvalue weighted by Crippen LogP contribution is 2.34. The molecule has 1 aliphatic heterocycles. The van der Waals surface area contributed by atoms with Crippen molar-refractivity contribution in [3.05, 3.63) is 59.1 Å². The Labute approximate surface area is 142 Å². The normalized spacial score (nSPS) is 12.3. The number of carbonyl (C=O) groups excluding carboxylic acids is 1. The molecular formula is C18H15N3O4. The summed E-state index contributed by atoms with van der Waals surface area (Å²) in [7, 11) is 0. The summed E-state index contributed by atoms with van der Waals surface area (Å²) in [5.74, 6) is 1.07. The summed E-state index contributed by atoms with van der Waals surface area (Å²) < 4.78 is 12.0. The molecule has 25 heavy (non-hydrogen) atoms. The Morgan fingerprint density at radius 2 is 2.00 bits per heavy atom. The smallest absolute Gasteiger partial charge is 0.261 e. The average molecular weight is 337 g/mol. The predicted molar refractivity (Wildman–Crippen MR) is 91.8 cm³/mol. The molecule has 1 N–H and O–H groups in total. The molecule has 0 saturated heterocycles. The Kier molecular flexibility index (Phi) is 3.81. The Balaban J connectivity index is 1.44. The molecule has 0 atom stereocenters. The Hall–Kier alpha value is -3.35. The number of benzene rings is 2. The van der Waals surface area contributed by atoms with Crippen molar-refractivity contribution < 1.29 is 14.3 Å². The van der Waals surface area contributed by atoms with Crippen LogP contribution < -0.4 is 20.3 Å². The van der Waals surface area contributed by atoms with E-state index in [1.807, 2.05) is 6.07 Å². The van der Waals surface area contributed by atoms with E-state index in [0.29, 0.717) is 28.1 Å². The maximum atomic E-state index is 12.4. The number of rotatable bonds is 4. The third-order valence-corrected chi connectivity index (χ3v) is 3.97. The molecule has 2 aromatic carbocycles. The van der Waals surface area contributed by atoms with Crippen LogP contribution in [0.1, 0.15) is 6.42 Å². The van der Waals surface area contributed by atoms with Crippen molar-refractivity contribution in [2.45, 2.75) is 13.0 Å². The highest BCUT2D eigenvalue weighted by molar-refractivity contribution is 5.91. The van der Waals surface area contributed by atoms with Gasteiger partial charge in [-0.3, -0.25) is 14.2 Å². The summed E-state index contributed by atoms with van der Waals surface area (Å²) in [6.07, 6.45) is 1.63. The molecule has 126 valence electrons. The van der Waals surface area contributed by atoms with E-state index in [9.17, 15) is 9.59 Å². The van der Waals surface area contributed by atoms with Gasteiger partial charge in [0.05, 0.1) is 17.2 Å². The minimum atomic E-state index is -0.195. The van der Waals surface area contributed by atoms with Crippen molar-refractivity contribution in [3.63, 3.8) is 0 Å². The summed E-state index contributed by atoms with van der Waals surface area (Å²) in [4.78, 5) is 28.8. The number of fused-ring (bicyclic) bond motifs is 2. The highest BCUT2D eigenvalue weighted by atomic mass is 16.7. The van der Waals surface area contributed by atoms with E-state index in [1.54, 1.807) is 36.4 Å². The van der Waals surface area contributed by atoms with Gasteiger partial charge in [-0.15, -0.1) is 0 Å². The van der Waals surface area contributed by atoms with E-state index in [1.165, 1.54) is 10.9 Å². The predicted octanol–water partition coefficient (Wildman–Crippen LogP) is 2.15. The first-order valence-corrected chi connectivity index (χ1v) is 7.84. The molecule has 0 spiro atoms. The first-order chi connectivity index (χ1) is 12.2. The van der Waals surface area contributed by atoms with Crippen LogP contribution in [0, 0.1) is 0 Å². The summed E-state index contributed by atoms with van der Waals surface area (Å²) in [5, 5.41) is 3.33. The van der Waals surface area contributed by atoms with Gasteiger partial charge in [-0.25, -0.2) is 4.98 Å². The van der Waals surface area contributed by atoms with Gasteiger partial charge in [0.15, 0.2) is 11.5 Å². The zero-order valence-electron chi connectivity index (χ0n) is 13.3. The minimum absolute atomic E-state index is 0.151. The van der Waals surface area contributed by atoms with Gasteiger partial charge in [-0.1, -0.05) is 12.1 Å². The number of amides is 1. The van der Waals surface area contributed by atoms with Gasteiger partial charge in [0.2, 0.25) is 12.7 Å². The number of ether oxygens (including phenoxy) is 2. The first-order valence-electron chi connectivity index (χ1n) is 7.84. The molecule has 0 aliphatic carbocycles. The second kappa shape index (κ2) is 6.27. The number of aromatic nitrogens is 2. The van der Waals surface area contributed by atoms with Crippen LogP contribution >= 0.6 is 0 Å². The fourth-order valence-corrected chi connectivity index (χ4v) is 2.69. The molecule has 0 unspecified atom stereocenters. The average Bonchev–Trinajstić information content (AvgIpc) is 3.09. The first kappa shape index (κ1) is 15.2. The zero-order valence-corrected chi connectivity index (χ0v) is 13.3. The maximum Gasteiger partial charge on any atom is 0.261 e. The number of hydrogen-bond acceptors (Lipinski definition) is 5. The lowest BCUT2D eigenvalue weighted by Gasteiger charge is -2.08. The van der Waals surface area contributed by atoms with Crippen molar-refractivity contribution in [2.24, 2.45) is 0 Å². The van der Waals surface area contributed by atoms with Crippen LogP contribution in [0.5, 0.6) is 11.5 Å². The van der Waals surface area contributed by atoms with Gasteiger partial charge in [-0.2, -0.15) is 0 Å². The van der Waals surface area contributed by atoms with Crippen molar-refractivity contribution in [1.82, 2.24) is 9.55 Å². The number of carbonyl (C=O) groups is 1. The van der Waals surface area contributed by atoms with Gasteiger partial charge in [-0.05, 0) is 24.3 Å². The molecule has 0 bridgehead atoms. The zero-order chi connectivity index (χ0) is 17.2. The molecule has 4 rings (SSSR count). The molecule has 1 amide bonds. The molecule has 1 aliphatic rings. The van der Waals surface area contributed by atoms with Crippen molar-refractivity contribution in [1.29, 1.82) is 0 Å². The van der Waals surface area contributed by atoms with Gasteiger partial charge >= 0.3 is 0 Å². The molecule has 2 heterocycles. The van der Waals surface area contributed by atoms with E-state index < -0.39 is 0 Å². The molecule has 0 radical (unpaired) electrons. The number of nitrogens with zero attached hydrogens (tertiary/aromatic N) is 2. The standard InChI is InChI=1S/C18H15N3O4/c22-17(20-12-5-6-15-16(9-12)25-11-24-15)7-8-21-10-19-14-4-2-1-3-13(14)18(21)23/h1-6,9-10H,7-8,11H2,(H,20,22). The number of anilines is 1. The lowest BCUT2D eigenvalue weighted by atomic mass is 10.2. The van der Waals surface area contributed by atoms with Crippen LogP contribution in [0.15, 0.2) is 53.6 Å². The Bertz CT molecular complexity index is 1010. The molecule has 0 saturated carbocycles. The number of nitrogens with one attached hydrogen (secondary N) is 1. The fraction of sp³-hybridized carbons (Fsp3) is 0.167. The van der Waals surface area contributed by atoms with E-state index in [2.05, 4.69) is 10.3 Å². The van der Waals surface area contributed by atoms with Crippen LogP contribution in [0.25, 0.3) is 10.9 Å². The molecule has 7 heteroatoms. The van der Waals surface area contributed by atoms with Crippen molar-refractivity contribution in [3.8, 4) is 11.5 Å². The number of hydrogen-bond donors (Lipinski definition) is 1. The van der Waals surface area contributed by atoms with E-state index in [4.69, 9.17) is 9.47 Å². The molecule has 1 aromatic heterocycles. The van der Waals surface area contributed by atoms with E-state index in [-0.39, 0.29) is 31.2 Å². The number of aryl methyl sites for hydroxylation is 1. The number of para-hydroxylation sites is 1. The minimum Gasteiger partial charge on any atom is -0.454 e. The van der Waals surface area contributed by atoms with Crippen LogP contribution in [-0.2, 0) is 11.3 Å². The quantitative estimate of drug-likeness (QED) is 0.789. The fourth-order valence-electron chi connectivity index (χ4n) is 2.69. The topological polar surface area (TPSA) is 82.5 Å². The maximum absolute atomic E-state index is 12.4. The highest BCUT2D eigenvalue weighted by Gasteiger charge is 2.14. The molecule has 0 fully saturated rings. The van der Waals surface area contributed by atoms with Gasteiger partial charge in [0.25, 0.3) is 5.56 Å². The van der Waals surface area contributed by atoms with Gasteiger partial charge in [0, 0.05) is 24.7 Å². The van der Waals surface area contributed by atoms with Crippen LogP contribution in [0.3, 0.4) is 0 Å².